The first-order chi connectivity index (χ1) is 12.4. The molecule has 1 saturated heterocycles. The maximum atomic E-state index is 12.9. The third-order valence-corrected chi connectivity index (χ3v) is 6.63. The number of halogens is 1. The highest BCUT2D eigenvalue weighted by Gasteiger charge is 2.37. The highest BCUT2D eigenvalue weighted by atomic mass is 35.5. The molecule has 1 fully saturated rings. The van der Waals surface area contributed by atoms with E-state index in [4.69, 9.17) is 11.6 Å². The number of nitrogens with zero attached hydrogens (tertiary/aromatic N) is 2. The summed E-state index contributed by atoms with van der Waals surface area (Å²) in [5.41, 5.74) is 2.39. The number of carbonyl (C=O) groups excluding carboxylic acids is 2. The molecule has 0 saturated carbocycles. The van der Waals surface area contributed by atoms with Crippen molar-refractivity contribution >= 4 is 44.8 Å². The Bertz CT molecular complexity index is 1040. The Hall–Kier alpha value is -2.38. The lowest BCUT2D eigenvalue weighted by atomic mass is 10.1. The zero-order chi connectivity index (χ0) is 18.5. The number of carbonyl (C=O) groups is 2. The topological polar surface area (TPSA) is 74.8 Å². The average molecular weight is 391 g/mol. The van der Waals surface area contributed by atoms with E-state index in [1.54, 1.807) is 4.90 Å². The van der Waals surface area contributed by atoms with Gasteiger partial charge in [0.05, 0.1) is 22.0 Å². The average Bonchev–Trinajstić information content (AvgIpc) is 3.15. The summed E-state index contributed by atoms with van der Waals surface area (Å²) in [6.45, 7) is 0.565. The Labute approximate surface area is 156 Å². The van der Waals surface area contributed by atoms with Gasteiger partial charge in [0.2, 0.25) is 15.9 Å². The van der Waals surface area contributed by atoms with Crippen molar-refractivity contribution in [3.63, 3.8) is 0 Å². The van der Waals surface area contributed by atoms with Crippen molar-refractivity contribution in [3.8, 4) is 0 Å². The maximum absolute atomic E-state index is 12.9. The fourth-order valence-electron chi connectivity index (χ4n) is 3.37. The molecule has 134 valence electrons. The maximum Gasteiger partial charge on any atom is 0.259 e. The SMILES string of the molecule is O=C(c1ccc(N2C(=O)CCS2(=O)=O)cc1Cl)N1CCc2ccccc21. The number of benzene rings is 2. The molecule has 2 aliphatic heterocycles. The van der Waals surface area contributed by atoms with E-state index in [2.05, 4.69) is 0 Å². The monoisotopic (exact) mass is 390 g/mol. The Balaban J connectivity index is 1.67. The van der Waals surface area contributed by atoms with E-state index >= 15 is 0 Å². The molecular weight excluding hydrogens is 376 g/mol. The summed E-state index contributed by atoms with van der Waals surface area (Å²) in [6, 6.07) is 12.0. The van der Waals surface area contributed by atoms with Gasteiger partial charge in [-0.05, 0) is 36.2 Å². The van der Waals surface area contributed by atoms with Gasteiger partial charge in [-0.15, -0.1) is 0 Å². The Morgan fingerprint density at radius 1 is 1.08 bits per heavy atom. The van der Waals surface area contributed by atoms with Crippen LogP contribution in [0.25, 0.3) is 0 Å². The van der Waals surface area contributed by atoms with Crippen LogP contribution < -0.4 is 9.21 Å². The minimum atomic E-state index is -3.67. The summed E-state index contributed by atoms with van der Waals surface area (Å²) in [7, 11) is -3.67. The highest BCUT2D eigenvalue weighted by molar-refractivity contribution is 7.94. The van der Waals surface area contributed by atoms with E-state index in [-0.39, 0.29) is 34.4 Å². The van der Waals surface area contributed by atoms with Crippen LogP contribution in [0.2, 0.25) is 5.02 Å². The van der Waals surface area contributed by atoms with Gasteiger partial charge in [0.15, 0.2) is 0 Å². The van der Waals surface area contributed by atoms with Crippen LogP contribution in [0.5, 0.6) is 0 Å². The molecule has 0 radical (unpaired) electrons. The third kappa shape index (κ3) is 2.68. The van der Waals surface area contributed by atoms with Gasteiger partial charge >= 0.3 is 0 Å². The molecule has 0 atom stereocenters. The number of amides is 2. The second kappa shape index (κ2) is 6.10. The summed E-state index contributed by atoms with van der Waals surface area (Å²) in [6.07, 6.45) is 0.726. The van der Waals surface area contributed by atoms with Crippen LogP contribution in [-0.2, 0) is 21.2 Å². The van der Waals surface area contributed by atoms with Gasteiger partial charge in [0, 0.05) is 18.7 Å². The van der Waals surface area contributed by atoms with E-state index in [1.165, 1.54) is 18.2 Å². The van der Waals surface area contributed by atoms with Gasteiger partial charge < -0.3 is 4.90 Å². The Morgan fingerprint density at radius 3 is 2.54 bits per heavy atom. The first-order valence-corrected chi connectivity index (χ1v) is 10.1. The molecule has 2 aromatic carbocycles. The lowest BCUT2D eigenvalue weighted by molar-refractivity contribution is -0.116. The van der Waals surface area contributed by atoms with E-state index in [9.17, 15) is 18.0 Å². The number of sulfonamides is 1. The lowest BCUT2D eigenvalue weighted by Gasteiger charge is -2.20. The summed E-state index contributed by atoms with van der Waals surface area (Å²) >= 11 is 6.27. The Morgan fingerprint density at radius 2 is 1.85 bits per heavy atom. The summed E-state index contributed by atoms with van der Waals surface area (Å²) in [5, 5.41) is 0.117. The van der Waals surface area contributed by atoms with Crippen LogP contribution in [0, 0.1) is 0 Å². The standard InChI is InChI=1S/C18H15ClN2O4S/c19-15-11-13(21-17(22)8-10-26(21,24)25)5-6-14(15)18(23)20-9-7-12-3-1-2-4-16(12)20/h1-6,11H,7-10H2. The molecule has 0 spiro atoms. The van der Waals surface area contributed by atoms with E-state index in [0.717, 1.165) is 22.0 Å². The molecule has 0 unspecified atom stereocenters. The van der Waals surface area contributed by atoms with Crippen molar-refractivity contribution in [3.05, 3.63) is 58.6 Å². The molecule has 0 bridgehead atoms. The van der Waals surface area contributed by atoms with Crippen LogP contribution in [-0.4, -0.2) is 32.5 Å². The van der Waals surface area contributed by atoms with E-state index in [1.807, 2.05) is 24.3 Å². The quantitative estimate of drug-likeness (QED) is 0.790. The number of anilines is 2. The first kappa shape index (κ1) is 17.1. The molecule has 2 heterocycles. The normalized spacial score (nSPS) is 18.3. The molecule has 6 nitrogen and oxygen atoms in total. The van der Waals surface area contributed by atoms with Gasteiger partial charge in [-0.25, -0.2) is 12.7 Å². The van der Waals surface area contributed by atoms with Gasteiger partial charge in [0.1, 0.15) is 0 Å². The molecule has 8 heteroatoms. The molecule has 2 aromatic rings. The molecule has 0 aromatic heterocycles. The van der Waals surface area contributed by atoms with Crippen LogP contribution in [0.15, 0.2) is 42.5 Å². The molecule has 2 aliphatic rings. The van der Waals surface area contributed by atoms with Crippen LogP contribution in [0.3, 0.4) is 0 Å². The molecule has 0 N–H and O–H groups in total. The molecule has 26 heavy (non-hydrogen) atoms. The smallest absolute Gasteiger partial charge is 0.259 e. The summed E-state index contributed by atoms with van der Waals surface area (Å²) in [4.78, 5) is 26.5. The molecule has 0 aliphatic carbocycles. The fraction of sp³-hybridized carbons (Fsp3) is 0.222. The number of para-hydroxylation sites is 1. The molecular formula is C18H15ClN2O4S. The predicted octanol–water partition coefficient (Wildman–Crippen LogP) is 2.61. The first-order valence-electron chi connectivity index (χ1n) is 8.13. The van der Waals surface area contributed by atoms with Gasteiger partial charge in [0.25, 0.3) is 5.91 Å². The van der Waals surface area contributed by atoms with Gasteiger partial charge in [-0.2, -0.15) is 0 Å². The second-order valence-electron chi connectivity index (χ2n) is 6.22. The van der Waals surface area contributed by atoms with Crippen molar-refractivity contribution in [2.45, 2.75) is 12.8 Å². The molecule has 4 rings (SSSR count). The lowest BCUT2D eigenvalue weighted by Crippen LogP contribution is -2.30. The minimum absolute atomic E-state index is 0.0504. The summed E-state index contributed by atoms with van der Waals surface area (Å²) in [5.74, 6) is -0.954. The van der Waals surface area contributed by atoms with E-state index in [0.29, 0.717) is 6.54 Å². The van der Waals surface area contributed by atoms with E-state index < -0.39 is 15.9 Å². The number of rotatable bonds is 2. The van der Waals surface area contributed by atoms with Crippen molar-refractivity contribution in [2.24, 2.45) is 0 Å². The van der Waals surface area contributed by atoms with Crippen LogP contribution in [0.4, 0.5) is 11.4 Å². The van der Waals surface area contributed by atoms with Gasteiger partial charge in [-0.3, -0.25) is 9.59 Å². The van der Waals surface area contributed by atoms with Crippen LogP contribution in [0.1, 0.15) is 22.3 Å². The zero-order valence-electron chi connectivity index (χ0n) is 13.7. The van der Waals surface area contributed by atoms with Gasteiger partial charge in [-0.1, -0.05) is 29.8 Å². The minimum Gasteiger partial charge on any atom is -0.308 e. The molecule has 2 amide bonds. The fourth-order valence-corrected chi connectivity index (χ4v) is 5.07. The highest BCUT2D eigenvalue weighted by Crippen LogP contribution is 2.33. The predicted molar refractivity (Wildman–Crippen MR) is 99.2 cm³/mol. The third-order valence-electron chi connectivity index (χ3n) is 4.63. The number of fused-ring (bicyclic) bond motifs is 1. The van der Waals surface area contributed by atoms with Crippen molar-refractivity contribution in [1.82, 2.24) is 0 Å². The number of hydrogen-bond donors (Lipinski definition) is 0. The largest absolute Gasteiger partial charge is 0.308 e. The van der Waals surface area contributed by atoms with Crippen molar-refractivity contribution < 1.29 is 18.0 Å². The Kier molecular flexibility index (Phi) is 4.00. The van der Waals surface area contributed by atoms with Crippen molar-refractivity contribution in [1.29, 1.82) is 0 Å². The second-order valence-corrected chi connectivity index (χ2v) is 8.57. The summed E-state index contributed by atoms with van der Waals surface area (Å²) < 4.78 is 24.8. The zero-order valence-corrected chi connectivity index (χ0v) is 15.3. The number of hydrogen-bond acceptors (Lipinski definition) is 4. The van der Waals surface area contributed by atoms with Crippen LogP contribution >= 0.6 is 11.6 Å². The van der Waals surface area contributed by atoms with Crippen molar-refractivity contribution in [2.75, 3.05) is 21.5 Å².